The Labute approximate surface area is 139 Å². The average Bonchev–Trinajstić information content (AvgIpc) is 2.44. The van der Waals surface area contributed by atoms with Gasteiger partial charge in [0.05, 0.1) is 13.2 Å². The first kappa shape index (κ1) is 17.7. The van der Waals surface area contributed by atoms with Crippen LogP contribution in [0.5, 0.6) is 0 Å². The molecule has 23 heavy (non-hydrogen) atoms. The standard InChI is InChI=1S/C19H27NO3/c1-5-11-20-12-16(17(20)18(21)23-19(2,3)4)14-22-13-15-9-7-6-8-10-15/h5-10,16-17H,1,11-14H2,2-4H3/t16-,17+/m1/s1. The van der Waals surface area contributed by atoms with Crippen LogP contribution in [0.25, 0.3) is 0 Å². The molecule has 2 rings (SSSR count). The zero-order chi connectivity index (χ0) is 16.9. The number of likely N-dealkylation sites (tertiary alicyclic amines) is 1. The molecule has 1 aliphatic heterocycles. The molecule has 1 aromatic rings. The Morgan fingerprint density at radius 2 is 2.04 bits per heavy atom. The van der Waals surface area contributed by atoms with Crippen LogP contribution < -0.4 is 0 Å². The molecule has 0 aliphatic carbocycles. The maximum absolute atomic E-state index is 12.4. The lowest BCUT2D eigenvalue weighted by molar-refractivity contribution is -0.173. The van der Waals surface area contributed by atoms with Gasteiger partial charge in [0.2, 0.25) is 0 Å². The third-order valence-electron chi connectivity index (χ3n) is 3.76. The number of nitrogens with zero attached hydrogens (tertiary/aromatic N) is 1. The zero-order valence-corrected chi connectivity index (χ0v) is 14.3. The van der Waals surface area contributed by atoms with Gasteiger partial charge in [0.1, 0.15) is 11.6 Å². The summed E-state index contributed by atoms with van der Waals surface area (Å²) in [5.41, 5.74) is 0.672. The molecule has 0 N–H and O–H groups in total. The third kappa shape index (κ3) is 5.19. The second-order valence-electron chi connectivity index (χ2n) is 6.98. The fraction of sp³-hybridized carbons (Fsp3) is 0.526. The second kappa shape index (κ2) is 7.75. The summed E-state index contributed by atoms with van der Waals surface area (Å²) in [6, 6.07) is 9.82. The Morgan fingerprint density at radius 3 is 2.65 bits per heavy atom. The molecule has 1 heterocycles. The Kier molecular flexibility index (Phi) is 5.97. The predicted octanol–water partition coefficient (Wildman–Crippen LogP) is 3.03. The summed E-state index contributed by atoms with van der Waals surface area (Å²) in [7, 11) is 0. The van der Waals surface area contributed by atoms with E-state index >= 15 is 0 Å². The van der Waals surface area contributed by atoms with Gasteiger partial charge in [-0.2, -0.15) is 0 Å². The monoisotopic (exact) mass is 317 g/mol. The molecule has 4 heteroatoms. The van der Waals surface area contributed by atoms with Crippen molar-refractivity contribution >= 4 is 5.97 Å². The van der Waals surface area contributed by atoms with Crippen LogP contribution in [-0.4, -0.2) is 42.2 Å². The van der Waals surface area contributed by atoms with Crippen molar-refractivity contribution in [3.63, 3.8) is 0 Å². The highest BCUT2D eigenvalue weighted by Crippen LogP contribution is 2.28. The molecule has 0 saturated carbocycles. The molecule has 4 nitrogen and oxygen atoms in total. The normalized spacial score (nSPS) is 21.5. The molecule has 0 spiro atoms. The minimum Gasteiger partial charge on any atom is -0.459 e. The molecule has 0 unspecified atom stereocenters. The molecule has 1 aliphatic rings. The van der Waals surface area contributed by atoms with Crippen molar-refractivity contribution in [1.29, 1.82) is 0 Å². The summed E-state index contributed by atoms with van der Waals surface area (Å²) in [4.78, 5) is 14.5. The molecule has 0 aromatic heterocycles. The molecule has 0 bridgehead atoms. The number of benzene rings is 1. The lowest BCUT2D eigenvalue weighted by Gasteiger charge is -2.46. The van der Waals surface area contributed by atoms with Gasteiger partial charge in [-0.05, 0) is 26.3 Å². The van der Waals surface area contributed by atoms with E-state index in [1.54, 1.807) is 0 Å². The van der Waals surface area contributed by atoms with Crippen molar-refractivity contribution in [3.8, 4) is 0 Å². The van der Waals surface area contributed by atoms with Gasteiger partial charge in [-0.15, -0.1) is 6.58 Å². The van der Waals surface area contributed by atoms with Crippen LogP contribution in [0.1, 0.15) is 26.3 Å². The Morgan fingerprint density at radius 1 is 1.35 bits per heavy atom. The van der Waals surface area contributed by atoms with E-state index in [2.05, 4.69) is 11.5 Å². The first-order valence-corrected chi connectivity index (χ1v) is 8.10. The summed E-state index contributed by atoms with van der Waals surface area (Å²) < 4.78 is 11.3. The van der Waals surface area contributed by atoms with E-state index in [9.17, 15) is 4.79 Å². The second-order valence-corrected chi connectivity index (χ2v) is 6.98. The van der Waals surface area contributed by atoms with Crippen molar-refractivity contribution in [2.45, 2.75) is 39.0 Å². The summed E-state index contributed by atoms with van der Waals surface area (Å²) in [6.45, 7) is 12.1. The number of carbonyl (C=O) groups is 1. The number of hydrogen-bond donors (Lipinski definition) is 0. The van der Waals surface area contributed by atoms with Gasteiger partial charge in [-0.3, -0.25) is 9.69 Å². The summed E-state index contributed by atoms with van der Waals surface area (Å²) in [5.74, 6) is 0.00687. The maximum atomic E-state index is 12.4. The van der Waals surface area contributed by atoms with Gasteiger partial charge in [0, 0.05) is 19.0 Å². The first-order chi connectivity index (χ1) is 10.9. The zero-order valence-electron chi connectivity index (χ0n) is 14.3. The minimum atomic E-state index is -0.470. The highest BCUT2D eigenvalue weighted by molar-refractivity contribution is 5.78. The highest BCUT2D eigenvalue weighted by atomic mass is 16.6. The van der Waals surface area contributed by atoms with Crippen LogP contribution in [0.15, 0.2) is 43.0 Å². The third-order valence-corrected chi connectivity index (χ3v) is 3.76. The van der Waals surface area contributed by atoms with Crippen LogP contribution in [-0.2, 0) is 20.9 Å². The molecule has 126 valence electrons. The van der Waals surface area contributed by atoms with Crippen LogP contribution in [0.4, 0.5) is 0 Å². The van der Waals surface area contributed by atoms with E-state index < -0.39 is 5.60 Å². The summed E-state index contributed by atoms with van der Waals surface area (Å²) in [6.07, 6.45) is 1.82. The molecule has 1 fully saturated rings. The number of carbonyl (C=O) groups excluding carboxylic acids is 1. The predicted molar refractivity (Wildman–Crippen MR) is 91.0 cm³/mol. The van der Waals surface area contributed by atoms with Gasteiger partial charge in [0.15, 0.2) is 0 Å². The lowest BCUT2D eigenvalue weighted by atomic mass is 9.89. The van der Waals surface area contributed by atoms with Crippen molar-refractivity contribution in [3.05, 3.63) is 48.6 Å². The van der Waals surface area contributed by atoms with Gasteiger partial charge in [-0.1, -0.05) is 36.4 Å². The van der Waals surface area contributed by atoms with E-state index in [1.165, 1.54) is 0 Å². The van der Waals surface area contributed by atoms with Crippen LogP contribution in [0.2, 0.25) is 0 Å². The van der Waals surface area contributed by atoms with Crippen molar-refractivity contribution < 1.29 is 14.3 Å². The number of ether oxygens (including phenoxy) is 2. The molecule has 0 amide bonds. The molecule has 0 radical (unpaired) electrons. The van der Waals surface area contributed by atoms with Gasteiger partial charge in [-0.25, -0.2) is 0 Å². The number of hydrogen-bond acceptors (Lipinski definition) is 4. The minimum absolute atomic E-state index is 0.168. The Balaban J connectivity index is 1.87. The SMILES string of the molecule is C=CCN1C[C@H](COCc2ccccc2)[C@H]1C(=O)OC(C)(C)C. The average molecular weight is 317 g/mol. The molecule has 1 saturated heterocycles. The van der Waals surface area contributed by atoms with Gasteiger partial charge in [0.25, 0.3) is 0 Å². The molecular weight excluding hydrogens is 290 g/mol. The van der Waals surface area contributed by atoms with Crippen LogP contribution in [0, 0.1) is 5.92 Å². The van der Waals surface area contributed by atoms with Crippen LogP contribution in [0.3, 0.4) is 0 Å². The first-order valence-electron chi connectivity index (χ1n) is 8.10. The number of esters is 1. The van der Waals surface area contributed by atoms with Gasteiger partial charge >= 0.3 is 5.97 Å². The van der Waals surface area contributed by atoms with E-state index in [0.29, 0.717) is 19.8 Å². The summed E-state index contributed by atoms with van der Waals surface area (Å²) in [5, 5.41) is 0. The molecular formula is C19H27NO3. The van der Waals surface area contributed by atoms with Crippen molar-refractivity contribution in [2.24, 2.45) is 5.92 Å². The van der Waals surface area contributed by atoms with E-state index in [4.69, 9.17) is 9.47 Å². The van der Waals surface area contributed by atoms with Crippen molar-refractivity contribution in [2.75, 3.05) is 19.7 Å². The molecule has 1 aromatic carbocycles. The smallest absolute Gasteiger partial charge is 0.324 e. The van der Waals surface area contributed by atoms with Crippen molar-refractivity contribution in [1.82, 2.24) is 4.90 Å². The van der Waals surface area contributed by atoms with E-state index in [-0.39, 0.29) is 17.9 Å². The molecule has 2 atom stereocenters. The quantitative estimate of drug-likeness (QED) is 0.572. The lowest BCUT2D eigenvalue weighted by Crippen LogP contribution is -2.62. The maximum Gasteiger partial charge on any atom is 0.324 e. The Bertz CT molecular complexity index is 521. The topological polar surface area (TPSA) is 38.8 Å². The highest BCUT2D eigenvalue weighted by Gasteiger charge is 2.45. The van der Waals surface area contributed by atoms with Crippen LogP contribution >= 0.6 is 0 Å². The summed E-state index contributed by atoms with van der Waals surface area (Å²) >= 11 is 0. The van der Waals surface area contributed by atoms with E-state index in [0.717, 1.165) is 12.1 Å². The fourth-order valence-corrected chi connectivity index (χ4v) is 2.78. The van der Waals surface area contributed by atoms with Gasteiger partial charge < -0.3 is 9.47 Å². The number of rotatable bonds is 7. The largest absolute Gasteiger partial charge is 0.459 e. The fourth-order valence-electron chi connectivity index (χ4n) is 2.78. The Hall–Kier alpha value is -1.65. The van der Waals surface area contributed by atoms with E-state index in [1.807, 2.05) is 57.2 Å².